The van der Waals surface area contributed by atoms with Crippen LogP contribution in [-0.2, 0) is 17.6 Å². The Labute approximate surface area is 165 Å². The molecule has 0 bridgehead atoms. The van der Waals surface area contributed by atoms with Crippen LogP contribution in [0.25, 0.3) is 12.2 Å². The standard InChI is InChI=1S/C26H34O/c1-3-5-9-23-13-17-25(18-14-23)11-7-21-27-22-8-12-26-19-15-24(16-20-26)10-6-4-2/h7-8,11-20H,3-6,9-10,21-22H2,1-2H3. The lowest BCUT2D eigenvalue weighted by Gasteiger charge is -2.01. The van der Waals surface area contributed by atoms with Crippen LogP contribution in [0.1, 0.15) is 61.8 Å². The van der Waals surface area contributed by atoms with E-state index in [1.54, 1.807) is 0 Å². The molecule has 0 spiro atoms. The van der Waals surface area contributed by atoms with Crippen LogP contribution in [0.15, 0.2) is 60.7 Å². The van der Waals surface area contributed by atoms with Crippen molar-refractivity contribution in [2.24, 2.45) is 0 Å². The van der Waals surface area contributed by atoms with Crippen LogP contribution in [0.3, 0.4) is 0 Å². The van der Waals surface area contributed by atoms with Gasteiger partial charge in [-0.15, -0.1) is 0 Å². The summed E-state index contributed by atoms with van der Waals surface area (Å²) in [5, 5.41) is 0. The predicted octanol–water partition coefficient (Wildman–Crippen LogP) is 7.12. The molecule has 0 radical (unpaired) electrons. The lowest BCUT2D eigenvalue weighted by molar-refractivity contribution is 0.195. The summed E-state index contributed by atoms with van der Waals surface area (Å²) in [4.78, 5) is 0. The molecule has 2 aromatic rings. The minimum absolute atomic E-state index is 0.637. The van der Waals surface area contributed by atoms with Crippen LogP contribution < -0.4 is 0 Å². The number of aryl methyl sites for hydroxylation is 2. The van der Waals surface area contributed by atoms with Crippen molar-refractivity contribution in [3.8, 4) is 0 Å². The molecule has 0 aliphatic rings. The van der Waals surface area contributed by atoms with Crippen molar-refractivity contribution in [3.63, 3.8) is 0 Å². The van der Waals surface area contributed by atoms with Gasteiger partial charge in [-0.05, 0) is 47.9 Å². The summed E-state index contributed by atoms with van der Waals surface area (Å²) in [6.45, 7) is 5.74. The van der Waals surface area contributed by atoms with Gasteiger partial charge in [0.2, 0.25) is 0 Å². The summed E-state index contributed by atoms with van der Waals surface area (Å²) < 4.78 is 5.66. The first-order valence-corrected chi connectivity index (χ1v) is 10.4. The second-order valence-corrected chi connectivity index (χ2v) is 7.03. The van der Waals surface area contributed by atoms with Crippen LogP contribution >= 0.6 is 0 Å². The van der Waals surface area contributed by atoms with E-state index < -0.39 is 0 Å². The van der Waals surface area contributed by atoms with Gasteiger partial charge in [0.25, 0.3) is 0 Å². The Bertz CT molecular complexity index is 616. The molecule has 0 fully saturated rings. The molecular formula is C26H34O. The van der Waals surface area contributed by atoms with Gasteiger partial charge in [-0.2, -0.15) is 0 Å². The van der Waals surface area contributed by atoms with Crippen molar-refractivity contribution in [3.05, 3.63) is 82.9 Å². The Kier molecular flexibility index (Phi) is 10.3. The van der Waals surface area contributed by atoms with E-state index in [9.17, 15) is 0 Å². The zero-order valence-electron chi connectivity index (χ0n) is 17.0. The topological polar surface area (TPSA) is 9.23 Å². The van der Waals surface area contributed by atoms with Gasteiger partial charge in [0.1, 0.15) is 0 Å². The summed E-state index contributed by atoms with van der Waals surface area (Å²) in [6, 6.07) is 17.7. The molecule has 0 saturated carbocycles. The van der Waals surface area contributed by atoms with Crippen molar-refractivity contribution in [2.75, 3.05) is 13.2 Å². The highest BCUT2D eigenvalue weighted by molar-refractivity contribution is 5.50. The fraction of sp³-hybridized carbons (Fsp3) is 0.385. The molecule has 27 heavy (non-hydrogen) atoms. The minimum atomic E-state index is 0.637. The van der Waals surface area contributed by atoms with Crippen LogP contribution in [0.5, 0.6) is 0 Å². The van der Waals surface area contributed by atoms with Crippen LogP contribution in [0.2, 0.25) is 0 Å². The van der Waals surface area contributed by atoms with E-state index >= 15 is 0 Å². The highest BCUT2D eigenvalue weighted by Crippen LogP contribution is 2.10. The molecule has 1 heteroatoms. The highest BCUT2D eigenvalue weighted by atomic mass is 16.5. The summed E-state index contributed by atoms with van der Waals surface area (Å²) in [5.41, 5.74) is 5.32. The third-order valence-corrected chi connectivity index (χ3v) is 4.65. The van der Waals surface area contributed by atoms with Crippen molar-refractivity contribution in [1.29, 1.82) is 0 Å². The lowest BCUT2D eigenvalue weighted by Crippen LogP contribution is -1.90. The molecule has 1 nitrogen and oxygen atoms in total. The van der Waals surface area contributed by atoms with Crippen molar-refractivity contribution >= 4 is 12.2 Å². The fourth-order valence-corrected chi connectivity index (χ4v) is 2.93. The normalized spacial score (nSPS) is 11.6. The van der Waals surface area contributed by atoms with Gasteiger partial charge in [-0.1, -0.05) is 99.5 Å². The minimum Gasteiger partial charge on any atom is -0.373 e. The molecule has 0 heterocycles. The Hall–Kier alpha value is -2.12. The number of hydrogen-bond acceptors (Lipinski definition) is 1. The molecular weight excluding hydrogens is 328 g/mol. The first-order valence-electron chi connectivity index (χ1n) is 10.4. The summed E-state index contributed by atoms with van der Waals surface area (Å²) in [5.74, 6) is 0. The lowest BCUT2D eigenvalue weighted by atomic mass is 10.1. The quantitative estimate of drug-likeness (QED) is 0.365. The molecule has 0 saturated heterocycles. The van der Waals surface area contributed by atoms with Crippen molar-refractivity contribution in [2.45, 2.75) is 52.4 Å². The third kappa shape index (κ3) is 8.88. The Morgan fingerprint density at radius 2 is 1.04 bits per heavy atom. The number of ether oxygens (including phenoxy) is 1. The van der Waals surface area contributed by atoms with Crippen LogP contribution in [0.4, 0.5) is 0 Å². The Balaban J connectivity index is 1.64. The number of benzene rings is 2. The molecule has 144 valence electrons. The van der Waals surface area contributed by atoms with Gasteiger partial charge >= 0.3 is 0 Å². The number of hydrogen-bond donors (Lipinski definition) is 0. The number of unbranched alkanes of at least 4 members (excludes halogenated alkanes) is 2. The zero-order chi connectivity index (χ0) is 19.2. The van der Waals surface area contributed by atoms with Gasteiger partial charge < -0.3 is 4.74 Å². The Morgan fingerprint density at radius 3 is 1.41 bits per heavy atom. The molecule has 0 amide bonds. The Morgan fingerprint density at radius 1 is 0.630 bits per heavy atom. The van der Waals surface area contributed by atoms with E-state index in [1.165, 1.54) is 60.8 Å². The second kappa shape index (κ2) is 13.1. The van der Waals surface area contributed by atoms with Gasteiger partial charge in [-0.25, -0.2) is 0 Å². The first-order chi connectivity index (χ1) is 13.3. The van der Waals surface area contributed by atoms with Gasteiger partial charge in [0.15, 0.2) is 0 Å². The summed E-state index contributed by atoms with van der Waals surface area (Å²) in [7, 11) is 0. The van der Waals surface area contributed by atoms with E-state index in [4.69, 9.17) is 4.74 Å². The summed E-state index contributed by atoms with van der Waals surface area (Å²) in [6.07, 6.45) is 15.8. The maximum Gasteiger partial charge on any atom is 0.0655 e. The van der Waals surface area contributed by atoms with E-state index in [1.807, 2.05) is 0 Å². The van der Waals surface area contributed by atoms with Crippen LogP contribution in [-0.4, -0.2) is 13.2 Å². The predicted molar refractivity (Wildman–Crippen MR) is 119 cm³/mol. The molecule has 0 aliphatic heterocycles. The van der Waals surface area contributed by atoms with Crippen LogP contribution in [0, 0.1) is 0 Å². The van der Waals surface area contributed by atoms with Crippen molar-refractivity contribution in [1.82, 2.24) is 0 Å². The maximum atomic E-state index is 5.66. The van der Waals surface area contributed by atoms with Gasteiger partial charge in [0.05, 0.1) is 13.2 Å². The van der Waals surface area contributed by atoms with Gasteiger partial charge in [0, 0.05) is 0 Å². The summed E-state index contributed by atoms with van der Waals surface area (Å²) >= 11 is 0. The van der Waals surface area contributed by atoms with E-state index in [0.29, 0.717) is 13.2 Å². The second-order valence-electron chi connectivity index (χ2n) is 7.03. The fourth-order valence-electron chi connectivity index (χ4n) is 2.93. The van der Waals surface area contributed by atoms with E-state index in [0.717, 1.165) is 0 Å². The molecule has 0 aliphatic carbocycles. The van der Waals surface area contributed by atoms with Gasteiger partial charge in [-0.3, -0.25) is 0 Å². The maximum absolute atomic E-state index is 5.66. The van der Waals surface area contributed by atoms with E-state index in [2.05, 4.69) is 86.7 Å². The third-order valence-electron chi connectivity index (χ3n) is 4.65. The smallest absolute Gasteiger partial charge is 0.0655 e. The SMILES string of the molecule is CCCCc1ccc(C=CCOCC=Cc2ccc(CCCC)cc2)cc1. The highest BCUT2D eigenvalue weighted by Gasteiger charge is 1.93. The monoisotopic (exact) mass is 362 g/mol. The van der Waals surface area contributed by atoms with E-state index in [-0.39, 0.29) is 0 Å². The average molecular weight is 363 g/mol. The molecule has 0 aromatic heterocycles. The zero-order valence-corrected chi connectivity index (χ0v) is 17.0. The molecule has 0 unspecified atom stereocenters. The molecule has 0 N–H and O–H groups in total. The number of rotatable bonds is 12. The molecule has 2 rings (SSSR count). The van der Waals surface area contributed by atoms with Crippen molar-refractivity contribution < 1.29 is 4.74 Å². The average Bonchev–Trinajstić information content (AvgIpc) is 2.71. The molecule has 2 aromatic carbocycles. The molecule has 0 atom stereocenters. The first kappa shape index (κ1) is 21.2. The largest absolute Gasteiger partial charge is 0.373 e.